The van der Waals surface area contributed by atoms with Crippen molar-refractivity contribution in [2.45, 2.75) is 17.2 Å². The molecular weight excluding hydrogens is 286 g/mol. The number of benzene rings is 2. The van der Waals surface area contributed by atoms with Gasteiger partial charge >= 0.3 is 0 Å². The van der Waals surface area contributed by atoms with Gasteiger partial charge in [0.25, 0.3) is 0 Å². The lowest BCUT2D eigenvalue weighted by atomic mass is 9.83. The minimum absolute atomic E-state index is 0.0751. The van der Waals surface area contributed by atoms with Crippen molar-refractivity contribution in [3.63, 3.8) is 0 Å². The summed E-state index contributed by atoms with van der Waals surface area (Å²) in [7, 11) is 0. The van der Waals surface area contributed by atoms with Crippen LogP contribution < -0.4 is 0 Å². The molecule has 0 bridgehead atoms. The minimum atomic E-state index is -0.685. The quantitative estimate of drug-likeness (QED) is 0.760. The molecule has 18 heavy (non-hydrogen) atoms. The van der Waals surface area contributed by atoms with E-state index >= 15 is 0 Å². The van der Waals surface area contributed by atoms with Crippen LogP contribution >= 0.6 is 15.9 Å². The van der Waals surface area contributed by atoms with Crippen LogP contribution in [0.25, 0.3) is 0 Å². The molecule has 0 heterocycles. The fourth-order valence-electron chi connectivity index (χ4n) is 2.06. The van der Waals surface area contributed by atoms with E-state index < -0.39 is 4.32 Å². The first kappa shape index (κ1) is 12.9. The van der Waals surface area contributed by atoms with E-state index in [4.69, 9.17) is 0 Å². The lowest BCUT2D eigenvalue weighted by Gasteiger charge is -2.27. The highest BCUT2D eigenvalue weighted by atomic mass is 79.9. The van der Waals surface area contributed by atoms with Crippen molar-refractivity contribution < 1.29 is 0 Å². The van der Waals surface area contributed by atoms with E-state index in [0.29, 0.717) is 0 Å². The zero-order chi connectivity index (χ0) is 13.0. The van der Waals surface area contributed by atoms with Gasteiger partial charge in [0.2, 0.25) is 0 Å². The molecule has 1 nitrogen and oxygen atoms in total. The van der Waals surface area contributed by atoms with Crippen molar-refractivity contribution >= 4 is 15.9 Å². The van der Waals surface area contributed by atoms with Gasteiger partial charge in [-0.1, -0.05) is 83.5 Å². The smallest absolute Gasteiger partial charge is 0.143 e. The maximum Gasteiger partial charge on any atom is 0.143 e. The standard InChI is InChI=1S/C16H14BrN/c1-13(14-8-4-2-5-9-14)16(17,12-18)15-10-6-3-7-11-15/h2-11,13H,1H3. The number of halogens is 1. The van der Waals surface area contributed by atoms with Crippen molar-refractivity contribution in [3.05, 3.63) is 71.8 Å². The third-order valence-corrected chi connectivity index (χ3v) is 4.57. The Bertz CT molecular complexity index is 544. The highest BCUT2D eigenvalue weighted by Crippen LogP contribution is 2.43. The molecule has 0 amide bonds. The molecule has 0 aliphatic rings. The van der Waals surface area contributed by atoms with E-state index in [2.05, 4.69) is 41.1 Å². The molecule has 0 saturated heterocycles. The van der Waals surface area contributed by atoms with Crippen molar-refractivity contribution in [2.24, 2.45) is 0 Å². The van der Waals surface area contributed by atoms with Crippen LogP contribution in [-0.2, 0) is 4.32 Å². The molecule has 90 valence electrons. The Morgan fingerprint density at radius 3 is 2.00 bits per heavy atom. The fraction of sp³-hybridized carbons (Fsp3) is 0.188. The van der Waals surface area contributed by atoms with E-state index in [0.717, 1.165) is 11.1 Å². The summed E-state index contributed by atoms with van der Waals surface area (Å²) >= 11 is 3.63. The van der Waals surface area contributed by atoms with Crippen molar-refractivity contribution in [1.29, 1.82) is 5.26 Å². The monoisotopic (exact) mass is 299 g/mol. The van der Waals surface area contributed by atoms with Gasteiger partial charge in [-0.2, -0.15) is 5.26 Å². The van der Waals surface area contributed by atoms with E-state index in [9.17, 15) is 5.26 Å². The molecule has 0 spiro atoms. The summed E-state index contributed by atoms with van der Waals surface area (Å²) in [6.07, 6.45) is 0. The highest BCUT2D eigenvalue weighted by molar-refractivity contribution is 9.09. The number of nitrogens with zero attached hydrogens (tertiary/aromatic N) is 1. The molecule has 2 heteroatoms. The molecular formula is C16H14BrN. The van der Waals surface area contributed by atoms with Crippen LogP contribution in [0.3, 0.4) is 0 Å². The van der Waals surface area contributed by atoms with Gasteiger partial charge in [-0.25, -0.2) is 0 Å². The van der Waals surface area contributed by atoms with Gasteiger partial charge in [-0.3, -0.25) is 0 Å². The summed E-state index contributed by atoms with van der Waals surface area (Å²) in [6, 6.07) is 22.4. The molecule has 2 rings (SSSR count). The van der Waals surface area contributed by atoms with Crippen molar-refractivity contribution in [2.75, 3.05) is 0 Å². The maximum absolute atomic E-state index is 9.57. The third-order valence-electron chi connectivity index (χ3n) is 3.25. The topological polar surface area (TPSA) is 23.8 Å². The SMILES string of the molecule is CC(c1ccccc1)C(Br)(C#N)c1ccccc1. The van der Waals surface area contributed by atoms with E-state index in [-0.39, 0.29) is 5.92 Å². The lowest BCUT2D eigenvalue weighted by Crippen LogP contribution is -2.23. The second-order valence-electron chi connectivity index (χ2n) is 4.32. The maximum atomic E-state index is 9.57. The second kappa shape index (κ2) is 5.37. The molecule has 2 aromatic carbocycles. The largest absolute Gasteiger partial charge is 0.196 e. The predicted octanol–water partition coefficient (Wildman–Crippen LogP) is 4.60. The molecule has 0 fully saturated rings. The first-order chi connectivity index (χ1) is 8.68. The molecule has 0 radical (unpaired) electrons. The molecule has 2 aromatic rings. The number of hydrogen-bond donors (Lipinski definition) is 0. The first-order valence-electron chi connectivity index (χ1n) is 5.89. The fourth-order valence-corrected chi connectivity index (χ4v) is 2.59. The van der Waals surface area contributed by atoms with Gasteiger partial charge in [0.15, 0.2) is 0 Å². The zero-order valence-electron chi connectivity index (χ0n) is 10.2. The van der Waals surface area contributed by atoms with Crippen LogP contribution in [-0.4, -0.2) is 0 Å². The number of alkyl halides is 1. The zero-order valence-corrected chi connectivity index (χ0v) is 11.8. The lowest BCUT2D eigenvalue weighted by molar-refractivity contribution is 0.647. The van der Waals surface area contributed by atoms with Gasteiger partial charge < -0.3 is 0 Å². The summed E-state index contributed by atoms with van der Waals surface area (Å²) in [5, 5.41) is 9.57. The van der Waals surface area contributed by atoms with Gasteiger partial charge in [-0.05, 0) is 11.1 Å². The van der Waals surface area contributed by atoms with Gasteiger partial charge in [0, 0.05) is 5.92 Å². The molecule has 0 aliphatic carbocycles. The average Bonchev–Trinajstić information content (AvgIpc) is 2.47. The van der Waals surface area contributed by atoms with E-state index in [1.165, 1.54) is 0 Å². The van der Waals surface area contributed by atoms with Crippen LogP contribution in [0, 0.1) is 11.3 Å². The summed E-state index contributed by atoms with van der Waals surface area (Å²) in [6.45, 7) is 2.07. The van der Waals surface area contributed by atoms with Crippen LogP contribution in [0.15, 0.2) is 60.7 Å². The Kier molecular flexibility index (Phi) is 3.84. The van der Waals surface area contributed by atoms with Gasteiger partial charge in [0.05, 0.1) is 6.07 Å². The molecule has 2 atom stereocenters. The summed E-state index contributed by atoms with van der Waals surface area (Å²) in [4.78, 5) is 0. The average molecular weight is 300 g/mol. The summed E-state index contributed by atoms with van der Waals surface area (Å²) in [5.74, 6) is 0.0751. The van der Waals surface area contributed by atoms with Gasteiger partial charge in [0.1, 0.15) is 4.32 Å². The number of rotatable bonds is 3. The van der Waals surface area contributed by atoms with E-state index in [1.807, 2.05) is 48.5 Å². The van der Waals surface area contributed by atoms with Crippen molar-refractivity contribution in [1.82, 2.24) is 0 Å². The summed E-state index contributed by atoms with van der Waals surface area (Å²) in [5.41, 5.74) is 2.14. The third kappa shape index (κ3) is 2.32. The molecule has 0 saturated carbocycles. The number of nitriles is 1. The van der Waals surface area contributed by atoms with Crippen LogP contribution in [0.5, 0.6) is 0 Å². The normalized spacial score (nSPS) is 15.4. The van der Waals surface area contributed by atoms with Crippen LogP contribution in [0.4, 0.5) is 0 Å². The Morgan fingerprint density at radius 1 is 1.00 bits per heavy atom. The Balaban J connectivity index is 2.43. The Morgan fingerprint density at radius 2 is 1.50 bits per heavy atom. The molecule has 2 unspecified atom stereocenters. The molecule has 0 aliphatic heterocycles. The highest BCUT2D eigenvalue weighted by Gasteiger charge is 2.36. The van der Waals surface area contributed by atoms with Crippen molar-refractivity contribution in [3.8, 4) is 6.07 Å². The summed E-state index contributed by atoms with van der Waals surface area (Å²) < 4.78 is -0.685. The number of hydrogen-bond acceptors (Lipinski definition) is 1. The second-order valence-corrected chi connectivity index (χ2v) is 5.57. The van der Waals surface area contributed by atoms with Crippen LogP contribution in [0.2, 0.25) is 0 Å². The minimum Gasteiger partial charge on any atom is -0.196 e. The van der Waals surface area contributed by atoms with Gasteiger partial charge in [-0.15, -0.1) is 0 Å². The molecule has 0 aromatic heterocycles. The van der Waals surface area contributed by atoms with E-state index in [1.54, 1.807) is 0 Å². The molecule has 0 N–H and O–H groups in total. The Hall–Kier alpha value is -1.59. The first-order valence-corrected chi connectivity index (χ1v) is 6.68. The predicted molar refractivity (Wildman–Crippen MR) is 77.5 cm³/mol. The Labute approximate surface area is 116 Å². The van der Waals surface area contributed by atoms with Crippen LogP contribution in [0.1, 0.15) is 24.0 Å².